The average Bonchev–Trinajstić information content (AvgIpc) is 3.21. The molecule has 150 valence electrons. The van der Waals surface area contributed by atoms with E-state index in [1.807, 2.05) is 35.3 Å². The zero-order chi connectivity index (χ0) is 20.2. The van der Waals surface area contributed by atoms with Crippen LogP contribution >= 0.6 is 0 Å². The zero-order valence-electron chi connectivity index (χ0n) is 16.0. The summed E-state index contributed by atoms with van der Waals surface area (Å²) in [5.74, 6) is -0.0928. The van der Waals surface area contributed by atoms with Gasteiger partial charge in [-0.2, -0.15) is 5.10 Å². The van der Waals surface area contributed by atoms with E-state index in [9.17, 15) is 14.9 Å². The Kier molecular flexibility index (Phi) is 5.53. The van der Waals surface area contributed by atoms with Gasteiger partial charge in [0.25, 0.3) is 5.69 Å². The second kappa shape index (κ2) is 8.40. The minimum atomic E-state index is -0.423. The first-order valence-corrected chi connectivity index (χ1v) is 9.83. The number of carbonyl (C=O) groups is 1. The van der Waals surface area contributed by atoms with Crippen molar-refractivity contribution in [2.24, 2.45) is 5.10 Å². The smallest absolute Gasteiger partial charge is 0.269 e. The molecular weight excluding hydrogens is 370 g/mol. The number of urea groups is 1. The number of carbonyl (C=O) groups excluding carboxylic acids is 1. The van der Waals surface area contributed by atoms with Gasteiger partial charge in [-0.1, -0.05) is 36.8 Å². The third-order valence-electron chi connectivity index (χ3n) is 5.33. The number of rotatable bonds is 4. The SMILES string of the molecule is O=C(NN1CCCCC1)N1CC(c2ccccc2)C(c2ccc([N+](=O)[O-])cc2)=N1. The van der Waals surface area contributed by atoms with Gasteiger partial charge in [0.05, 0.1) is 17.2 Å². The largest absolute Gasteiger partial charge is 0.352 e. The molecule has 8 nitrogen and oxygen atoms in total. The lowest BCUT2D eigenvalue weighted by molar-refractivity contribution is -0.384. The Morgan fingerprint density at radius 3 is 2.38 bits per heavy atom. The summed E-state index contributed by atoms with van der Waals surface area (Å²) in [6.45, 7) is 2.12. The van der Waals surface area contributed by atoms with Crippen LogP contribution in [-0.2, 0) is 0 Å². The number of piperidine rings is 1. The summed E-state index contributed by atoms with van der Waals surface area (Å²) in [7, 11) is 0. The van der Waals surface area contributed by atoms with Crippen LogP contribution < -0.4 is 5.43 Å². The fourth-order valence-electron chi connectivity index (χ4n) is 3.79. The normalized spacial score (nSPS) is 19.7. The van der Waals surface area contributed by atoms with Gasteiger partial charge in [-0.05, 0) is 36.1 Å². The highest BCUT2D eigenvalue weighted by molar-refractivity contribution is 6.07. The predicted molar refractivity (Wildman–Crippen MR) is 109 cm³/mol. The summed E-state index contributed by atoms with van der Waals surface area (Å²) < 4.78 is 0. The van der Waals surface area contributed by atoms with Crippen LogP contribution in [0.5, 0.6) is 0 Å². The molecule has 1 saturated heterocycles. The number of nitrogens with one attached hydrogen (secondary N) is 1. The van der Waals surface area contributed by atoms with Crippen molar-refractivity contribution in [3.05, 3.63) is 75.8 Å². The maximum atomic E-state index is 12.8. The Hall–Kier alpha value is -3.26. The summed E-state index contributed by atoms with van der Waals surface area (Å²) in [5.41, 5.74) is 5.55. The lowest BCUT2D eigenvalue weighted by Crippen LogP contribution is -2.49. The van der Waals surface area contributed by atoms with E-state index < -0.39 is 4.92 Å². The number of nitro groups is 1. The number of hydrogen-bond donors (Lipinski definition) is 1. The van der Waals surface area contributed by atoms with Crippen molar-refractivity contribution in [3.63, 3.8) is 0 Å². The molecule has 1 fully saturated rings. The molecule has 2 heterocycles. The van der Waals surface area contributed by atoms with Gasteiger partial charge in [0.1, 0.15) is 0 Å². The maximum absolute atomic E-state index is 12.8. The highest BCUT2D eigenvalue weighted by Crippen LogP contribution is 2.29. The summed E-state index contributed by atoms with van der Waals surface area (Å²) in [5, 5.41) is 19.0. The number of non-ortho nitro benzene ring substituents is 1. The Morgan fingerprint density at radius 2 is 1.72 bits per heavy atom. The molecule has 2 amide bonds. The van der Waals surface area contributed by atoms with E-state index in [1.54, 1.807) is 12.1 Å². The fraction of sp³-hybridized carbons (Fsp3) is 0.333. The van der Waals surface area contributed by atoms with E-state index in [-0.39, 0.29) is 17.6 Å². The van der Waals surface area contributed by atoms with Crippen LogP contribution in [0.4, 0.5) is 10.5 Å². The molecule has 0 aliphatic carbocycles. The molecule has 0 aromatic heterocycles. The lowest BCUT2D eigenvalue weighted by Gasteiger charge is -2.28. The standard InChI is InChI=1S/C21H23N5O3/c27-21(23-24-13-5-2-6-14-24)25-15-19(16-7-3-1-4-8-16)20(22-25)17-9-11-18(12-10-17)26(28)29/h1,3-4,7-12,19H,2,5-6,13-15H2,(H,23,27). The van der Waals surface area contributed by atoms with Crippen molar-refractivity contribution in [1.82, 2.24) is 15.4 Å². The van der Waals surface area contributed by atoms with Crippen LogP contribution in [0, 0.1) is 10.1 Å². The molecule has 0 bridgehead atoms. The highest BCUT2D eigenvalue weighted by atomic mass is 16.6. The van der Waals surface area contributed by atoms with Crippen molar-refractivity contribution in [1.29, 1.82) is 0 Å². The third kappa shape index (κ3) is 4.27. The van der Waals surface area contributed by atoms with Crippen molar-refractivity contribution < 1.29 is 9.72 Å². The minimum Gasteiger partial charge on any atom is -0.269 e. The average molecular weight is 393 g/mol. The van der Waals surface area contributed by atoms with E-state index in [0.29, 0.717) is 6.54 Å². The number of amides is 2. The van der Waals surface area contributed by atoms with Gasteiger partial charge in [0, 0.05) is 31.1 Å². The number of nitrogens with zero attached hydrogens (tertiary/aromatic N) is 4. The maximum Gasteiger partial charge on any atom is 0.352 e. The Morgan fingerprint density at radius 1 is 1.03 bits per heavy atom. The van der Waals surface area contributed by atoms with E-state index in [0.717, 1.165) is 42.8 Å². The van der Waals surface area contributed by atoms with Gasteiger partial charge in [-0.15, -0.1) is 0 Å². The van der Waals surface area contributed by atoms with Gasteiger partial charge in [-0.3, -0.25) is 15.5 Å². The molecule has 1 N–H and O–H groups in total. The molecule has 2 aromatic rings. The predicted octanol–water partition coefficient (Wildman–Crippen LogP) is 3.51. The number of hydrogen-bond acceptors (Lipinski definition) is 5. The molecule has 4 rings (SSSR count). The van der Waals surface area contributed by atoms with Gasteiger partial charge >= 0.3 is 6.03 Å². The topological polar surface area (TPSA) is 91.1 Å². The molecule has 1 atom stereocenters. The molecule has 0 saturated carbocycles. The Bertz CT molecular complexity index is 908. The van der Waals surface area contributed by atoms with E-state index in [1.165, 1.54) is 23.6 Å². The number of nitro benzene ring substituents is 1. The number of hydrazone groups is 1. The van der Waals surface area contributed by atoms with E-state index in [4.69, 9.17) is 0 Å². The molecule has 0 radical (unpaired) electrons. The molecule has 8 heteroatoms. The quantitative estimate of drug-likeness (QED) is 0.636. The van der Waals surface area contributed by atoms with Crippen molar-refractivity contribution >= 4 is 17.4 Å². The summed E-state index contributed by atoms with van der Waals surface area (Å²) in [4.78, 5) is 23.3. The summed E-state index contributed by atoms with van der Waals surface area (Å²) in [6, 6.07) is 16.0. The third-order valence-corrected chi connectivity index (χ3v) is 5.33. The first-order chi connectivity index (χ1) is 14.1. The second-order valence-electron chi connectivity index (χ2n) is 7.30. The van der Waals surface area contributed by atoms with Crippen LogP contribution in [0.2, 0.25) is 0 Å². The van der Waals surface area contributed by atoms with E-state index in [2.05, 4.69) is 10.5 Å². The molecular formula is C21H23N5O3. The Balaban J connectivity index is 1.59. The molecule has 29 heavy (non-hydrogen) atoms. The van der Waals surface area contributed by atoms with E-state index >= 15 is 0 Å². The van der Waals surface area contributed by atoms with Crippen LogP contribution in [0.3, 0.4) is 0 Å². The molecule has 2 aliphatic rings. The number of hydrazine groups is 1. The number of benzene rings is 2. The lowest BCUT2D eigenvalue weighted by atomic mass is 9.90. The first kappa shape index (κ1) is 19.1. The zero-order valence-corrected chi connectivity index (χ0v) is 16.0. The van der Waals surface area contributed by atoms with Gasteiger partial charge in [-0.25, -0.2) is 14.8 Å². The van der Waals surface area contributed by atoms with Crippen LogP contribution in [-0.4, -0.2) is 46.3 Å². The minimum absolute atomic E-state index is 0.0308. The van der Waals surface area contributed by atoms with Crippen molar-refractivity contribution in [2.75, 3.05) is 19.6 Å². The van der Waals surface area contributed by atoms with Gasteiger partial charge in [0.15, 0.2) is 0 Å². The van der Waals surface area contributed by atoms with Crippen molar-refractivity contribution in [2.45, 2.75) is 25.2 Å². The second-order valence-corrected chi connectivity index (χ2v) is 7.30. The van der Waals surface area contributed by atoms with Crippen LogP contribution in [0.15, 0.2) is 59.7 Å². The van der Waals surface area contributed by atoms with Gasteiger partial charge in [0.2, 0.25) is 0 Å². The monoisotopic (exact) mass is 393 g/mol. The molecule has 0 spiro atoms. The Labute approximate surface area is 168 Å². The van der Waals surface area contributed by atoms with Crippen LogP contribution in [0.25, 0.3) is 0 Å². The molecule has 1 unspecified atom stereocenters. The summed E-state index contributed by atoms with van der Waals surface area (Å²) >= 11 is 0. The van der Waals surface area contributed by atoms with Crippen LogP contribution in [0.1, 0.15) is 36.3 Å². The molecule has 2 aromatic carbocycles. The van der Waals surface area contributed by atoms with Gasteiger partial charge < -0.3 is 0 Å². The fourth-order valence-corrected chi connectivity index (χ4v) is 3.79. The first-order valence-electron chi connectivity index (χ1n) is 9.83. The molecule has 2 aliphatic heterocycles. The van der Waals surface area contributed by atoms with Crippen molar-refractivity contribution in [3.8, 4) is 0 Å². The summed E-state index contributed by atoms with van der Waals surface area (Å²) in [6.07, 6.45) is 3.34. The highest BCUT2D eigenvalue weighted by Gasteiger charge is 2.33.